The van der Waals surface area contributed by atoms with E-state index < -0.39 is 0 Å². The van der Waals surface area contributed by atoms with Gasteiger partial charge in [0.1, 0.15) is 17.3 Å². The normalized spacial score (nSPS) is 19.5. The molecule has 21 heavy (non-hydrogen) atoms. The molecule has 2 aromatic rings. The number of likely N-dealkylation sites (tertiary alicyclic amines) is 1. The van der Waals surface area contributed by atoms with Crippen LogP contribution in [0.2, 0.25) is 0 Å². The topological polar surface area (TPSA) is 29.3 Å². The minimum atomic E-state index is -0.133. The standard InChI is InChI=1S/C17H21FN2O/c1-12(2)17-10-15(19-21-17)16-8-5-9-20(16)11-13-6-3-4-7-14(13)18/h3-4,6-7,10,12,16H,5,8-9,11H2,1-2H3/t16-/m1/s1. The number of hydrogen-bond donors (Lipinski definition) is 0. The fourth-order valence-corrected chi connectivity index (χ4v) is 2.93. The highest BCUT2D eigenvalue weighted by Gasteiger charge is 2.29. The Hall–Kier alpha value is -1.68. The van der Waals surface area contributed by atoms with E-state index >= 15 is 0 Å². The molecule has 1 atom stereocenters. The zero-order valence-corrected chi connectivity index (χ0v) is 12.6. The fourth-order valence-electron chi connectivity index (χ4n) is 2.93. The highest BCUT2D eigenvalue weighted by Crippen LogP contribution is 2.34. The molecule has 3 rings (SSSR count). The Labute approximate surface area is 124 Å². The lowest BCUT2D eigenvalue weighted by molar-refractivity contribution is 0.233. The van der Waals surface area contributed by atoms with Crippen molar-refractivity contribution in [1.82, 2.24) is 10.1 Å². The molecule has 0 N–H and O–H groups in total. The predicted octanol–water partition coefficient (Wildman–Crippen LogP) is 4.27. The molecule has 0 unspecified atom stereocenters. The predicted molar refractivity (Wildman–Crippen MR) is 79.4 cm³/mol. The van der Waals surface area contributed by atoms with Crippen LogP contribution in [0.4, 0.5) is 4.39 Å². The third kappa shape index (κ3) is 3.00. The van der Waals surface area contributed by atoms with Crippen molar-refractivity contribution in [3.8, 4) is 0 Å². The molecule has 0 radical (unpaired) electrons. The van der Waals surface area contributed by atoms with Crippen molar-refractivity contribution < 1.29 is 8.91 Å². The molecule has 0 aliphatic carbocycles. The third-order valence-electron chi connectivity index (χ3n) is 4.15. The monoisotopic (exact) mass is 288 g/mol. The van der Waals surface area contributed by atoms with Crippen LogP contribution in [0.25, 0.3) is 0 Å². The first-order chi connectivity index (χ1) is 10.1. The summed E-state index contributed by atoms with van der Waals surface area (Å²) < 4.78 is 19.2. The zero-order chi connectivity index (χ0) is 14.8. The molecular formula is C17H21FN2O. The number of nitrogens with zero attached hydrogens (tertiary/aromatic N) is 2. The molecule has 1 aliphatic heterocycles. The molecule has 1 aliphatic rings. The summed E-state index contributed by atoms with van der Waals surface area (Å²) in [7, 11) is 0. The van der Waals surface area contributed by atoms with E-state index in [4.69, 9.17) is 4.52 Å². The molecule has 1 aromatic carbocycles. The van der Waals surface area contributed by atoms with Crippen molar-refractivity contribution in [3.63, 3.8) is 0 Å². The lowest BCUT2D eigenvalue weighted by Gasteiger charge is -2.22. The van der Waals surface area contributed by atoms with Gasteiger partial charge in [0.2, 0.25) is 0 Å². The third-order valence-corrected chi connectivity index (χ3v) is 4.15. The van der Waals surface area contributed by atoms with E-state index in [0.29, 0.717) is 12.5 Å². The van der Waals surface area contributed by atoms with Crippen LogP contribution in [0.1, 0.15) is 55.7 Å². The molecule has 0 saturated carbocycles. The van der Waals surface area contributed by atoms with Crippen LogP contribution in [-0.4, -0.2) is 16.6 Å². The summed E-state index contributed by atoms with van der Waals surface area (Å²) >= 11 is 0. The molecule has 0 bridgehead atoms. The van der Waals surface area contributed by atoms with Gasteiger partial charge in [-0.15, -0.1) is 0 Å². The van der Waals surface area contributed by atoms with Gasteiger partial charge in [0.05, 0.1) is 6.04 Å². The Kier molecular flexibility index (Phi) is 4.06. The molecule has 2 heterocycles. The average molecular weight is 288 g/mol. The van der Waals surface area contributed by atoms with Crippen LogP contribution < -0.4 is 0 Å². The lowest BCUT2D eigenvalue weighted by Crippen LogP contribution is -2.23. The number of rotatable bonds is 4. The van der Waals surface area contributed by atoms with Gasteiger partial charge in [-0.2, -0.15) is 0 Å². The van der Waals surface area contributed by atoms with E-state index in [-0.39, 0.29) is 11.9 Å². The molecule has 112 valence electrons. The molecule has 3 nitrogen and oxygen atoms in total. The SMILES string of the molecule is CC(C)c1cc([C@H]2CCCN2Cc2ccccc2F)no1. The highest BCUT2D eigenvalue weighted by atomic mass is 19.1. The zero-order valence-electron chi connectivity index (χ0n) is 12.6. The van der Waals surface area contributed by atoms with E-state index in [2.05, 4.69) is 30.0 Å². The Morgan fingerprint density at radius 3 is 2.90 bits per heavy atom. The minimum absolute atomic E-state index is 0.133. The molecule has 1 saturated heterocycles. The van der Waals surface area contributed by atoms with E-state index in [1.165, 1.54) is 6.07 Å². The van der Waals surface area contributed by atoms with Gasteiger partial charge >= 0.3 is 0 Å². The van der Waals surface area contributed by atoms with Crippen LogP contribution in [-0.2, 0) is 6.54 Å². The van der Waals surface area contributed by atoms with Gasteiger partial charge in [0, 0.05) is 24.1 Å². The molecule has 1 aromatic heterocycles. The maximum atomic E-state index is 13.8. The van der Waals surface area contributed by atoms with E-state index in [1.54, 1.807) is 6.07 Å². The summed E-state index contributed by atoms with van der Waals surface area (Å²) in [5.41, 5.74) is 1.73. The number of aromatic nitrogens is 1. The summed E-state index contributed by atoms with van der Waals surface area (Å²) in [5.74, 6) is 1.13. The van der Waals surface area contributed by atoms with Gasteiger partial charge in [0.25, 0.3) is 0 Å². The van der Waals surface area contributed by atoms with Gasteiger partial charge in [0.15, 0.2) is 0 Å². The first-order valence-corrected chi connectivity index (χ1v) is 7.59. The molecule has 4 heteroatoms. The highest BCUT2D eigenvalue weighted by molar-refractivity contribution is 5.19. The largest absolute Gasteiger partial charge is 0.361 e. The summed E-state index contributed by atoms with van der Waals surface area (Å²) in [6.07, 6.45) is 2.17. The second-order valence-electron chi connectivity index (χ2n) is 6.03. The summed E-state index contributed by atoms with van der Waals surface area (Å²) in [6, 6.07) is 9.28. The number of hydrogen-bond acceptors (Lipinski definition) is 3. The van der Waals surface area contributed by atoms with Crippen LogP contribution in [0, 0.1) is 5.82 Å². The van der Waals surface area contributed by atoms with Gasteiger partial charge < -0.3 is 4.52 Å². The van der Waals surface area contributed by atoms with Crippen LogP contribution in [0.15, 0.2) is 34.9 Å². The van der Waals surface area contributed by atoms with Crippen LogP contribution in [0.3, 0.4) is 0 Å². The fraction of sp³-hybridized carbons (Fsp3) is 0.471. The van der Waals surface area contributed by atoms with Crippen molar-refractivity contribution >= 4 is 0 Å². The van der Waals surface area contributed by atoms with Crippen molar-refractivity contribution in [3.05, 3.63) is 53.2 Å². The average Bonchev–Trinajstić information content (AvgIpc) is 3.09. The van der Waals surface area contributed by atoms with Crippen molar-refractivity contribution in [2.45, 2.75) is 45.2 Å². The van der Waals surface area contributed by atoms with Crippen molar-refractivity contribution in [2.75, 3.05) is 6.54 Å². The van der Waals surface area contributed by atoms with Crippen molar-refractivity contribution in [2.24, 2.45) is 0 Å². The molecule has 1 fully saturated rings. The van der Waals surface area contributed by atoms with Gasteiger partial charge in [-0.1, -0.05) is 37.2 Å². The Morgan fingerprint density at radius 1 is 1.38 bits per heavy atom. The number of benzene rings is 1. The van der Waals surface area contributed by atoms with Gasteiger partial charge in [-0.3, -0.25) is 4.90 Å². The first kappa shape index (κ1) is 14.3. The van der Waals surface area contributed by atoms with Crippen LogP contribution in [0.5, 0.6) is 0 Å². The summed E-state index contributed by atoms with van der Waals surface area (Å²) in [5, 5.41) is 4.22. The van der Waals surface area contributed by atoms with E-state index in [1.807, 2.05) is 12.1 Å². The maximum Gasteiger partial charge on any atom is 0.139 e. The first-order valence-electron chi connectivity index (χ1n) is 7.59. The lowest BCUT2D eigenvalue weighted by atomic mass is 10.1. The Bertz CT molecular complexity index is 608. The van der Waals surface area contributed by atoms with Crippen LogP contribution >= 0.6 is 0 Å². The smallest absolute Gasteiger partial charge is 0.139 e. The minimum Gasteiger partial charge on any atom is -0.361 e. The Balaban J connectivity index is 1.77. The second-order valence-corrected chi connectivity index (χ2v) is 6.03. The Morgan fingerprint density at radius 2 is 2.19 bits per heavy atom. The van der Waals surface area contributed by atoms with Gasteiger partial charge in [-0.05, 0) is 25.5 Å². The van der Waals surface area contributed by atoms with Gasteiger partial charge in [-0.25, -0.2) is 4.39 Å². The maximum absolute atomic E-state index is 13.8. The van der Waals surface area contributed by atoms with Crippen molar-refractivity contribution in [1.29, 1.82) is 0 Å². The molecule has 0 amide bonds. The van der Waals surface area contributed by atoms with E-state index in [9.17, 15) is 4.39 Å². The van der Waals surface area contributed by atoms with E-state index in [0.717, 1.165) is 36.4 Å². The quantitative estimate of drug-likeness (QED) is 0.841. The summed E-state index contributed by atoms with van der Waals surface area (Å²) in [4.78, 5) is 2.29. The number of halogens is 1. The summed E-state index contributed by atoms with van der Waals surface area (Å²) in [6.45, 7) is 5.79. The molecule has 0 spiro atoms. The molecular weight excluding hydrogens is 267 g/mol. The second kappa shape index (κ2) is 5.98.